The first-order valence-corrected chi connectivity index (χ1v) is 9.33. The minimum atomic E-state index is -1.17. The van der Waals surface area contributed by atoms with Crippen molar-refractivity contribution < 1.29 is 19.5 Å². The fourth-order valence-corrected chi connectivity index (χ4v) is 6.00. The Morgan fingerprint density at radius 2 is 2.00 bits per heavy atom. The lowest BCUT2D eigenvalue weighted by Gasteiger charge is -2.54. The van der Waals surface area contributed by atoms with Crippen molar-refractivity contribution in [3.8, 4) is 0 Å². The van der Waals surface area contributed by atoms with Crippen LogP contribution >= 0.6 is 0 Å². The predicted octanol–water partition coefficient (Wildman–Crippen LogP) is 3.04. The molecule has 0 amide bonds. The summed E-state index contributed by atoms with van der Waals surface area (Å²) in [4.78, 5) is 36.2. The number of fused-ring (bicyclic) bond motifs is 3. The maximum Gasteiger partial charge on any atom is 0.152 e. The molecular weight excluding hydrogens is 316 g/mol. The van der Waals surface area contributed by atoms with Crippen LogP contribution in [0.15, 0.2) is 23.8 Å². The third kappa shape index (κ3) is 2.66. The minimum absolute atomic E-state index is 0.00540. The number of Topliss-reactive ketones (excluding diaryl/α,β-unsaturated/α-hetero) is 1. The molecule has 25 heavy (non-hydrogen) atoms. The van der Waals surface area contributed by atoms with Crippen LogP contribution in [0, 0.1) is 29.1 Å². The van der Waals surface area contributed by atoms with E-state index in [0.29, 0.717) is 6.42 Å². The summed E-state index contributed by atoms with van der Waals surface area (Å²) in [5.41, 5.74) is -0.636. The molecule has 3 fully saturated rings. The van der Waals surface area contributed by atoms with Crippen LogP contribution in [0.4, 0.5) is 0 Å². The SMILES string of the molecule is C/C=C/C1(C)/C(=C\C(C)=O)CCC2C1C(=O)CC1(O)C(C=O)CCC21. The van der Waals surface area contributed by atoms with Gasteiger partial charge >= 0.3 is 0 Å². The summed E-state index contributed by atoms with van der Waals surface area (Å²) in [5.74, 6) is -0.545. The van der Waals surface area contributed by atoms with Crippen molar-refractivity contribution in [3.05, 3.63) is 23.8 Å². The smallest absolute Gasteiger partial charge is 0.152 e. The first-order chi connectivity index (χ1) is 11.8. The standard InChI is InChI=1S/C21H28O4/c1-4-9-20(3)14(10-13(2)23)5-7-16-17-8-6-15(12-22)21(17,25)11-18(24)19(16)20/h4,9-10,12,15-17,19,25H,5-8,11H2,1-3H3/b9-4+,14-10-. The first kappa shape index (κ1) is 18.2. The molecule has 0 aromatic heterocycles. The van der Waals surface area contributed by atoms with Gasteiger partial charge in [-0.05, 0) is 57.4 Å². The lowest BCUT2D eigenvalue weighted by Crippen LogP contribution is -2.58. The second kappa shape index (κ2) is 6.31. The molecule has 4 nitrogen and oxygen atoms in total. The van der Waals surface area contributed by atoms with E-state index in [0.717, 1.165) is 31.1 Å². The van der Waals surface area contributed by atoms with Crippen molar-refractivity contribution in [3.63, 3.8) is 0 Å². The second-order valence-electron chi connectivity index (χ2n) is 8.30. The highest BCUT2D eigenvalue weighted by molar-refractivity contribution is 5.90. The van der Waals surface area contributed by atoms with E-state index in [-0.39, 0.29) is 35.7 Å². The largest absolute Gasteiger partial charge is 0.388 e. The number of allylic oxidation sites excluding steroid dienone is 4. The maximum absolute atomic E-state index is 13.1. The van der Waals surface area contributed by atoms with Gasteiger partial charge in [-0.15, -0.1) is 0 Å². The Hall–Kier alpha value is -1.55. The van der Waals surface area contributed by atoms with Crippen LogP contribution in [0.1, 0.15) is 52.9 Å². The number of carbonyl (C=O) groups excluding carboxylic acids is 3. The summed E-state index contributed by atoms with van der Waals surface area (Å²) in [7, 11) is 0. The Balaban J connectivity index is 2.06. The van der Waals surface area contributed by atoms with Crippen LogP contribution in [-0.2, 0) is 14.4 Å². The minimum Gasteiger partial charge on any atom is -0.388 e. The molecule has 6 unspecified atom stereocenters. The average Bonchev–Trinajstić information content (AvgIpc) is 2.85. The highest BCUT2D eigenvalue weighted by Gasteiger charge is 2.62. The van der Waals surface area contributed by atoms with Gasteiger partial charge in [0.25, 0.3) is 0 Å². The predicted molar refractivity (Wildman–Crippen MR) is 94.8 cm³/mol. The molecule has 3 saturated carbocycles. The number of aldehydes is 1. The molecule has 3 rings (SSSR count). The highest BCUT2D eigenvalue weighted by atomic mass is 16.3. The van der Waals surface area contributed by atoms with E-state index in [9.17, 15) is 19.5 Å². The van der Waals surface area contributed by atoms with Gasteiger partial charge in [-0.2, -0.15) is 0 Å². The molecule has 3 aliphatic rings. The van der Waals surface area contributed by atoms with Crippen molar-refractivity contribution >= 4 is 17.9 Å². The van der Waals surface area contributed by atoms with Crippen molar-refractivity contribution in [2.45, 2.75) is 58.5 Å². The average molecular weight is 344 g/mol. The number of carbonyl (C=O) groups is 3. The molecule has 0 radical (unpaired) electrons. The third-order valence-corrected chi connectivity index (χ3v) is 6.96. The molecule has 0 aliphatic heterocycles. The number of ketones is 2. The number of rotatable bonds is 3. The van der Waals surface area contributed by atoms with Gasteiger partial charge < -0.3 is 9.90 Å². The Bertz CT molecular complexity index is 661. The summed E-state index contributed by atoms with van der Waals surface area (Å²) in [6.07, 6.45) is 9.59. The summed E-state index contributed by atoms with van der Waals surface area (Å²) < 4.78 is 0. The molecule has 0 aromatic rings. The van der Waals surface area contributed by atoms with E-state index < -0.39 is 16.9 Å². The molecule has 3 aliphatic carbocycles. The van der Waals surface area contributed by atoms with Crippen LogP contribution < -0.4 is 0 Å². The van der Waals surface area contributed by atoms with Crippen LogP contribution in [0.5, 0.6) is 0 Å². The van der Waals surface area contributed by atoms with E-state index >= 15 is 0 Å². The van der Waals surface area contributed by atoms with E-state index in [2.05, 4.69) is 0 Å². The Morgan fingerprint density at radius 1 is 1.28 bits per heavy atom. The summed E-state index contributed by atoms with van der Waals surface area (Å²) >= 11 is 0. The van der Waals surface area contributed by atoms with Gasteiger partial charge in [0.1, 0.15) is 12.1 Å². The summed E-state index contributed by atoms with van der Waals surface area (Å²) in [6, 6.07) is 0. The molecule has 136 valence electrons. The molecule has 0 spiro atoms. The van der Waals surface area contributed by atoms with Gasteiger partial charge in [0.2, 0.25) is 0 Å². The quantitative estimate of drug-likeness (QED) is 0.485. The van der Waals surface area contributed by atoms with Crippen molar-refractivity contribution in [1.29, 1.82) is 0 Å². The van der Waals surface area contributed by atoms with Gasteiger partial charge in [0.15, 0.2) is 5.78 Å². The van der Waals surface area contributed by atoms with Gasteiger partial charge in [-0.3, -0.25) is 9.59 Å². The fraction of sp³-hybridized carbons (Fsp3) is 0.667. The van der Waals surface area contributed by atoms with E-state index in [1.165, 1.54) is 0 Å². The fourth-order valence-electron chi connectivity index (χ4n) is 6.00. The van der Waals surface area contributed by atoms with Crippen LogP contribution in [0.3, 0.4) is 0 Å². The molecule has 0 aromatic carbocycles. The normalized spacial score (nSPS) is 45.4. The molecule has 0 bridgehead atoms. The van der Waals surface area contributed by atoms with Crippen LogP contribution in [-0.4, -0.2) is 28.6 Å². The molecule has 6 atom stereocenters. The van der Waals surface area contributed by atoms with Crippen LogP contribution in [0.2, 0.25) is 0 Å². The van der Waals surface area contributed by atoms with Crippen molar-refractivity contribution in [2.75, 3.05) is 0 Å². The monoisotopic (exact) mass is 344 g/mol. The zero-order valence-corrected chi connectivity index (χ0v) is 15.3. The maximum atomic E-state index is 13.1. The summed E-state index contributed by atoms with van der Waals surface area (Å²) in [6.45, 7) is 5.52. The van der Waals surface area contributed by atoms with Crippen molar-refractivity contribution in [1.82, 2.24) is 0 Å². The molecular formula is C21H28O4. The van der Waals surface area contributed by atoms with E-state index in [1.54, 1.807) is 13.0 Å². The number of hydrogen-bond donors (Lipinski definition) is 1. The Kier molecular flexibility index (Phi) is 4.61. The lowest BCUT2D eigenvalue weighted by atomic mass is 9.50. The topological polar surface area (TPSA) is 71.4 Å². The molecule has 0 saturated heterocycles. The molecule has 1 N–H and O–H groups in total. The Morgan fingerprint density at radius 3 is 2.60 bits per heavy atom. The Labute approximate surface area is 149 Å². The summed E-state index contributed by atoms with van der Waals surface area (Å²) in [5, 5.41) is 11.2. The molecule has 0 heterocycles. The highest BCUT2D eigenvalue weighted by Crippen LogP contribution is 2.61. The first-order valence-electron chi connectivity index (χ1n) is 9.33. The number of aliphatic hydroxyl groups is 1. The van der Waals surface area contributed by atoms with E-state index in [1.807, 2.05) is 26.0 Å². The zero-order chi connectivity index (χ0) is 18.4. The van der Waals surface area contributed by atoms with Gasteiger partial charge in [-0.25, -0.2) is 0 Å². The second-order valence-corrected chi connectivity index (χ2v) is 8.30. The van der Waals surface area contributed by atoms with Gasteiger partial charge in [0, 0.05) is 23.7 Å². The zero-order valence-electron chi connectivity index (χ0n) is 15.3. The van der Waals surface area contributed by atoms with Gasteiger partial charge in [-0.1, -0.05) is 24.6 Å². The lowest BCUT2D eigenvalue weighted by molar-refractivity contribution is -0.158. The molecule has 4 heteroatoms. The third-order valence-electron chi connectivity index (χ3n) is 6.96. The van der Waals surface area contributed by atoms with E-state index in [4.69, 9.17) is 0 Å². The van der Waals surface area contributed by atoms with Crippen molar-refractivity contribution in [2.24, 2.45) is 29.1 Å². The van der Waals surface area contributed by atoms with Crippen LogP contribution in [0.25, 0.3) is 0 Å². The van der Waals surface area contributed by atoms with Gasteiger partial charge in [0.05, 0.1) is 5.60 Å². The number of hydrogen-bond acceptors (Lipinski definition) is 4.